The lowest BCUT2D eigenvalue weighted by atomic mass is 9.85. The molecule has 2 atom stereocenters. The number of rotatable bonds is 2. The molecule has 0 aromatic carbocycles. The fraction of sp³-hybridized carbons (Fsp3) is 0.500. The minimum Gasteiger partial charge on any atom is -0.395 e. The number of likely N-dealkylation sites (tertiary alicyclic amines) is 1. The van der Waals surface area contributed by atoms with Crippen LogP contribution in [-0.4, -0.2) is 35.0 Å². The molecule has 0 saturated carbocycles. The molecule has 1 aliphatic carbocycles. The van der Waals surface area contributed by atoms with Crippen molar-refractivity contribution in [1.29, 1.82) is 0 Å². The second kappa shape index (κ2) is 2.42. The average molecular weight is 167 g/mol. The largest absolute Gasteiger partial charge is 0.395 e. The summed E-state index contributed by atoms with van der Waals surface area (Å²) in [5.41, 5.74) is 0. The van der Waals surface area contributed by atoms with Crippen molar-refractivity contribution in [1.82, 2.24) is 4.90 Å². The highest BCUT2D eigenvalue weighted by atomic mass is 16.3. The van der Waals surface area contributed by atoms with E-state index in [1.807, 2.05) is 0 Å². The Kier molecular flexibility index (Phi) is 1.51. The summed E-state index contributed by atoms with van der Waals surface area (Å²) >= 11 is 0. The van der Waals surface area contributed by atoms with Gasteiger partial charge in [-0.3, -0.25) is 14.5 Å². The number of nitrogens with zero attached hydrogens (tertiary/aromatic N) is 1. The van der Waals surface area contributed by atoms with Crippen LogP contribution in [0.1, 0.15) is 0 Å². The molecule has 1 saturated heterocycles. The number of β-amino-alcohol motifs (C(OH)–C–C–N with tert-alkyl or cyclic N) is 1. The molecule has 2 aliphatic rings. The molecule has 0 aromatic rings. The molecule has 1 fully saturated rings. The van der Waals surface area contributed by atoms with Crippen LogP contribution in [-0.2, 0) is 9.59 Å². The van der Waals surface area contributed by atoms with Gasteiger partial charge in [-0.1, -0.05) is 12.2 Å². The molecule has 4 heteroatoms. The van der Waals surface area contributed by atoms with Crippen LogP contribution < -0.4 is 0 Å². The standard InChI is InChI=1S/C8H9NO3/c10-4-3-9-7(11)5-1-2-6(5)8(9)12/h1-2,5-6,10H,3-4H2. The zero-order chi connectivity index (χ0) is 8.72. The van der Waals surface area contributed by atoms with E-state index in [9.17, 15) is 9.59 Å². The number of carbonyl (C=O) groups is 2. The van der Waals surface area contributed by atoms with E-state index in [-0.39, 0.29) is 36.8 Å². The second-order valence-electron chi connectivity index (χ2n) is 2.99. The van der Waals surface area contributed by atoms with Gasteiger partial charge < -0.3 is 5.11 Å². The molecule has 1 N–H and O–H groups in total. The van der Waals surface area contributed by atoms with Gasteiger partial charge in [-0.2, -0.15) is 0 Å². The third kappa shape index (κ3) is 0.754. The number of amides is 2. The van der Waals surface area contributed by atoms with Gasteiger partial charge >= 0.3 is 0 Å². The minimum absolute atomic E-state index is 0.131. The molecule has 0 radical (unpaired) electrons. The van der Waals surface area contributed by atoms with Gasteiger partial charge in [0.1, 0.15) is 0 Å². The van der Waals surface area contributed by atoms with Crippen molar-refractivity contribution in [3.63, 3.8) is 0 Å². The quantitative estimate of drug-likeness (QED) is 0.430. The van der Waals surface area contributed by atoms with Gasteiger partial charge in [0.15, 0.2) is 0 Å². The van der Waals surface area contributed by atoms with Crippen molar-refractivity contribution < 1.29 is 14.7 Å². The summed E-state index contributed by atoms with van der Waals surface area (Å²) in [4.78, 5) is 23.8. The van der Waals surface area contributed by atoms with Crippen LogP contribution in [0.25, 0.3) is 0 Å². The van der Waals surface area contributed by atoms with Crippen molar-refractivity contribution in [3.8, 4) is 0 Å². The fourth-order valence-electron chi connectivity index (χ4n) is 1.59. The smallest absolute Gasteiger partial charge is 0.237 e. The van der Waals surface area contributed by atoms with Gasteiger partial charge in [0, 0.05) is 0 Å². The third-order valence-corrected chi connectivity index (χ3v) is 2.34. The molecule has 2 rings (SSSR count). The SMILES string of the molecule is O=C1C2C=CC2C(=O)N1CCO. The number of carbonyl (C=O) groups excluding carboxylic acids is 2. The summed E-state index contributed by atoms with van der Waals surface area (Å²) in [5, 5.41) is 8.59. The van der Waals surface area contributed by atoms with Crippen LogP contribution >= 0.6 is 0 Å². The Morgan fingerprint density at radius 2 is 1.75 bits per heavy atom. The first-order valence-corrected chi connectivity index (χ1v) is 3.90. The van der Waals surface area contributed by atoms with Crippen molar-refractivity contribution >= 4 is 11.8 Å². The molecule has 0 bridgehead atoms. The molecule has 0 aromatic heterocycles. The Hall–Kier alpha value is -1.16. The first-order valence-electron chi connectivity index (χ1n) is 3.90. The molecule has 4 nitrogen and oxygen atoms in total. The van der Waals surface area contributed by atoms with E-state index >= 15 is 0 Å². The van der Waals surface area contributed by atoms with Gasteiger partial charge in [-0.05, 0) is 0 Å². The molecular weight excluding hydrogens is 158 g/mol. The molecule has 1 aliphatic heterocycles. The lowest BCUT2D eigenvalue weighted by Crippen LogP contribution is -2.33. The number of aliphatic hydroxyl groups is 1. The highest BCUT2D eigenvalue weighted by molar-refractivity contribution is 6.08. The topological polar surface area (TPSA) is 57.6 Å². The fourth-order valence-corrected chi connectivity index (χ4v) is 1.59. The molecule has 12 heavy (non-hydrogen) atoms. The van der Waals surface area contributed by atoms with Gasteiger partial charge in [-0.15, -0.1) is 0 Å². The summed E-state index contributed by atoms with van der Waals surface area (Å²) < 4.78 is 0. The Morgan fingerprint density at radius 3 is 2.08 bits per heavy atom. The molecule has 64 valence electrons. The minimum atomic E-state index is -0.232. The van der Waals surface area contributed by atoms with E-state index in [0.717, 1.165) is 4.90 Å². The average Bonchev–Trinajstić information content (AvgIpc) is 2.09. The number of aliphatic hydroxyl groups excluding tert-OH is 1. The monoisotopic (exact) mass is 167 g/mol. The first kappa shape index (κ1) is 7.49. The van der Waals surface area contributed by atoms with Crippen molar-refractivity contribution in [2.75, 3.05) is 13.2 Å². The van der Waals surface area contributed by atoms with Crippen LogP contribution in [0.15, 0.2) is 12.2 Å². The highest BCUT2D eigenvalue weighted by Gasteiger charge is 2.48. The van der Waals surface area contributed by atoms with Crippen LogP contribution in [0.5, 0.6) is 0 Å². The zero-order valence-corrected chi connectivity index (χ0v) is 6.43. The Balaban J connectivity index is 2.18. The van der Waals surface area contributed by atoms with Crippen LogP contribution in [0.4, 0.5) is 0 Å². The molecule has 2 amide bonds. The van der Waals surface area contributed by atoms with E-state index < -0.39 is 0 Å². The van der Waals surface area contributed by atoms with E-state index in [1.165, 1.54) is 0 Å². The van der Waals surface area contributed by atoms with Gasteiger partial charge in [-0.25, -0.2) is 0 Å². The Labute approximate surface area is 69.5 Å². The zero-order valence-electron chi connectivity index (χ0n) is 6.43. The summed E-state index contributed by atoms with van der Waals surface area (Å²) in [6.07, 6.45) is 3.48. The summed E-state index contributed by atoms with van der Waals surface area (Å²) in [6, 6.07) is 0. The lowest BCUT2D eigenvalue weighted by Gasteiger charge is -2.14. The number of hydrogen-bond donors (Lipinski definition) is 1. The summed E-state index contributed by atoms with van der Waals surface area (Å²) in [5.74, 6) is -0.795. The van der Waals surface area contributed by atoms with Crippen molar-refractivity contribution in [3.05, 3.63) is 12.2 Å². The van der Waals surface area contributed by atoms with Crippen LogP contribution in [0.2, 0.25) is 0 Å². The second-order valence-corrected chi connectivity index (χ2v) is 2.99. The van der Waals surface area contributed by atoms with Gasteiger partial charge in [0.2, 0.25) is 11.8 Å². The maximum absolute atomic E-state index is 11.3. The maximum Gasteiger partial charge on any atom is 0.237 e. The molecule has 2 unspecified atom stereocenters. The third-order valence-electron chi connectivity index (χ3n) is 2.34. The van der Waals surface area contributed by atoms with Gasteiger partial charge in [0.05, 0.1) is 25.0 Å². The molecular formula is C8H9NO3. The van der Waals surface area contributed by atoms with Crippen LogP contribution in [0, 0.1) is 11.8 Å². The normalized spacial score (nSPS) is 32.2. The number of hydrogen-bond acceptors (Lipinski definition) is 3. The first-order chi connectivity index (χ1) is 5.75. The number of fused-ring (bicyclic) bond motifs is 1. The van der Waals surface area contributed by atoms with E-state index in [4.69, 9.17) is 5.11 Å². The number of imide groups is 1. The predicted molar refractivity (Wildman–Crippen MR) is 39.9 cm³/mol. The van der Waals surface area contributed by atoms with E-state index in [1.54, 1.807) is 12.2 Å². The summed E-state index contributed by atoms with van der Waals surface area (Å²) in [6.45, 7) is -0.0245. The molecule has 1 heterocycles. The predicted octanol–water partition coefficient (Wildman–Crippen LogP) is -0.850. The van der Waals surface area contributed by atoms with Gasteiger partial charge in [0.25, 0.3) is 0 Å². The Morgan fingerprint density at radius 1 is 1.25 bits per heavy atom. The van der Waals surface area contributed by atoms with Crippen LogP contribution in [0.3, 0.4) is 0 Å². The Bertz CT molecular complexity index is 247. The molecule has 0 spiro atoms. The van der Waals surface area contributed by atoms with E-state index in [2.05, 4.69) is 0 Å². The maximum atomic E-state index is 11.3. The van der Waals surface area contributed by atoms with Crippen molar-refractivity contribution in [2.24, 2.45) is 11.8 Å². The van der Waals surface area contributed by atoms with E-state index in [0.29, 0.717) is 0 Å². The van der Waals surface area contributed by atoms with Crippen molar-refractivity contribution in [2.45, 2.75) is 0 Å². The lowest BCUT2D eigenvalue weighted by molar-refractivity contribution is -0.139. The summed E-state index contributed by atoms with van der Waals surface area (Å²) in [7, 11) is 0. The highest BCUT2D eigenvalue weighted by Crippen LogP contribution is 2.35.